The summed E-state index contributed by atoms with van der Waals surface area (Å²) >= 11 is 0. The van der Waals surface area contributed by atoms with Crippen molar-refractivity contribution in [2.45, 2.75) is 32.6 Å². The molecule has 0 aromatic heterocycles. The second-order valence-corrected chi connectivity index (χ2v) is 6.10. The molecule has 0 amide bonds. The smallest absolute Gasteiger partial charge is 0.303 e. The lowest BCUT2D eigenvalue weighted by Crippen LogP contribution is -2.51. The maximum absolute atomic E-state index is 10.9. The third-order valence-electron chi connectivity index (χ3n) is 4.04. The SMILES string of the molecule is C[C@]1(Cc2ccccc2)C[C@@](CN)(CC(=O)O)C1. The van der Waals surface area contributed by atoms with E-state index < -0.39 is 5.97 Å². The second-order valence-electron chi connectivity index (χ2n) is 6.10. The zero-order chi connectivity index (χ0) is 13.2. The maximum atomic E-state index is 10.9. The summed E-state index contributed by atoms with van der Waals surface area (Å²) in [5.41, 5.74) is 7.12. The van der Waals surface area contributed by atoms with E-state index in [1.165, 1.54) is 5.56 Å². The number of aliphatic carboxylic acids is 1. The van der Waals surface area contributed by atoms with Crippen LogP contribution in [-0.4, -0.2) is 17.6 Å². The molecule has 0 radical (unpaired) electrons. The van der Waals surface area contributed by atoms with Crippen LogP contribution in [0.2, 0.25) is 0 Å². The highest BCUT2D eigenvalue weighted by atomic mass is 16.4. The molecule has 98 valence electrons. The largest absolute Gasteiger partial charge is 0.481 e. The van der Waals surface area contributed by atoms with Gasteiger partial charge < -0.3 is 10.8 Å². The van der Waals surface area contributed by atoms with Crippen LogP contribution in [0, 0.1) is 10.8 Å². The Kier molecular flexibility index (Phi) is 3.44. The number of carbonyl (C=O) groups is 1. The van der Waals surface area contributed by atoms with Crippen LogP contribution >= 0.6 is 0 Å². The maximum Gasteiger partial charge on any atom is 0.303 e. The number of hydrogen-bond acceptors (Lipinski definition) is 2. The number of carboxylic acids is 1. The molecule has 0 spiro atoms. The third-order valence-corrected chi connectivity index (χ3v) is 4.04. The molecule has 0 heterocycles. The first-order chi connectivity index (χ1) is 8.47. The van der Waals surface area contributed by atoms with Crippen LogP contribution in [-0.2, 0) is 11.2 Å². The van der Waals surface area contributed by atoms with Gasteiger partial charge in [-0.05, 0) is 42.2 Å². The van der Waals surface area contributed by atoms with E-state index in [0.717, 1.165) is 19.3 Å². The molecule has 2 rings (SSSR count). The Balaban J connectivity index is 1.99. The molecule has 1 fully saturated rings. The van der Waals surface area contributed by atoms with Crippen LogP contribution in [0.5, 0.6) is 0 Å². The van der Waals surface area contributed by atoms with Gasteiger partial charge in [0.25, 0.3) is 0 Å². The average molecular weight is 247 g/mol. The monoisotopic (exact) mass is 247 g/mol. The average Bonchev–Trinajstić information content (AvgIpc) is 2.27. The van der Waals surface area contributed by atoms with Crippen molar-refractivity contribution in [1.29, 1.82) is 0 Å². The van der Waals surface area contributed by atoms with Crippen molar-refractivity contribution < 1.29 is 9.90 Å². The van der Waals surface area contributed by atoms with Crippen molar-refractivity contribution in [3.05, 3.63) is 35.9 Å². The first-order valence-electron chi connectivity index (χ1n) is 6.43. The molecule has 1 aliphatic rings. The van der Waals surface area contributed by atoms with E-state index in [1.807, 2.05) is 18.2 Å². The van der Waals surface area contributed by atoms with Crippen LogP contribution in [0.15, 0.2) is 30.3 Å². The van der Waals surface area contributed by atoms with E-state index >= 15 is 0 Å². The van der Waals surface area contributed by atoms with E-state index in [2.05, 4.69) is 19.1 Å². The van der Waals surface area contributed by atoms with E-state index in [4.69, 9.17) is 10.8 Å². The molecule has 3 N–H and O–H groups in total. The Bertz CT molecular complexity index is 421. The van der Waals surface area contributed by atoms with Crippen LogP contribution in [0.25, 0.3) is 0 Å². The van der Waals surface area contributed by atoms with Crippen LogP contribution in [0.3, 0.4) is 0 Å². The van der Waals surface area contributed by atoms with Gasteiger partial charge in [-0.3, -0.25) is 4.79 Å². The third kappa shape index (κ3) is 2.72. The molecule has 18 heavy (non-hydrogen) atoms. The number of rotatable bonds is 5. The lowest BCUT2D eigenvalue weighted by atomic mass is 9.51. The molecule has 1 aromatic carbocycles. The van der Waals surface area contributed by atoms with E-state index in [1.54, 1.807) is 0 Å². The van der Waals surface area contributed by atoms with Crippen molar-refractivity contribution in [3.8, 4) is 0 Å². The lowest BCUT2D eigenvalue weighted by molar-refractivity contribution is -0.144. The van der Waals surface area contributed by atoms with Gasteiger partial charge in [-0.1, -0.05) is 37.3 Å². The number of nitrogens with two attached hydrogens (primary N) is 1. The van der Waals surface area contributed by atoms with Crippen molar-refractivity contribution in [2.24, 2.45) is 16.6 Å². The van der Waals surface area contributed by atoms with Crippen LogP contribution in [0.4, 0.5) is 0 Å². The number of hydrogen-bond donors (Lipinski definition) is 2. The van der Waals surface area contributed by atoms with Gasteiger partial charge in [0.2, 0.25) is 0 Å². The summed E-state index contributed by atoms with van der Waals surface area (Å²) in [7, 11) is 0. The first kappa shape index (κ1) is 13.1. The molecule has 3 heteroatoms. The summed E-state index contributed by atoms with van der Waals surface area (Å²) in [6, 6.07) is 10.4. The van der Waals surface area contributed by atoms with Gasteiger partial charge in [-0.15, -0.1) is 0 Å². The molecule has 0 bridgehead atoms. The fourth-order valence-electron chi connectivity index (χ4n) is 3.63. The molecular formula is C15H21NO2. The summed E-state index contributed by atoms with van der Waals surface area (Å²) in [4.78, 5) is 10.9. The number of carboxylic acid groups (broad SMARTS) is 1. The number of benzene rings is 1. The Labute approximate surface area is 108 Å². The summed E-state index contributed by atoms with van der Waals surface area (Å²) in [6.07, 6.45) is 3.04. The van der Waals surface area contributed by atoms with Crippen LogP contribution < -0.4 is 5.73 Å². The minimum absolute atomic E-state index is 0.171. The summed E-state index contributed by atoms with van der Waals surface area (Å²) in [6.45, 7) is 2.71. The van der Waals surface area contributed by atoms with Gasteiger partial charge in [0.15, 0.2) is 0 Å². The molecule has 0 aliphatic heterocycles. The highest BCUT2D eigenvalue weighted by Crippen LogP contribution is 2.57. The van der Waals surface area contributed by atoms with Gasteiger partial charge in [0.05, 0.1) is 6.42 Å². The predicted molar refractivity (Wildman–Crippen MR) is 71.2 cm³/mol. The zero-order valence-electron chi connectivity index (χ0n) is 10.9. The van der Waals surface area contributed by atoms with Crippen molar-refractivity contribution in [1.82, 2.24) is 0 Å². The molecule has 1 saturated carbocycles. The van der Waals surface area contributed by atoms with E-state index in [-0.39, 0.29) is 17.3 Å². The Morgan fingerprint density at radius 3 is 2.44 bits per heavy atom. The first-order valence-corrected chi connectivity index (χ1v) is 6.43. The minimum Gasteiger partial charge on any atom is -0.481 e. The molecule has 0 unspecified atom stereocenters. The van der Waals surface area contributed by atoms with Crippen molar-refractivity contribution in [3.63, 3.8) is 0 Å². The summed E-state index contributed by atoms with van der Waals surface area (Å²) < 4.78 is 0. The predicted octanol–water partition coefficient (Wildman–Crippen LogP) is 2.45. The Morgan fingerprint density at radius 1 is 1.33 bits per heavy atom. The van der Waals surface area contributed by atoms with Gasteiger partial charge in [-0.2, -0.15) is 0 Å². The molecule has 0 atom stereocenters. The molecule has 0 saturated heterocycles. The van der Waals surface area contributed by atoms with Gasteiger partial charge in [0, 0.05) is 0 Å². The quantitative estimate of drug-likeness (QED) is 0.840. The highest BCUT2D eigenvalue weighted by molar-refractivity contribution is 5.68. The Hall–Kier alpha value is -1.35. The fraction of sp³-hybridized carbons (Fsp3) is 0.533. The van der Waals surface area contributed by atoms with Gasteiger partial charge in [0.1, 0.15) is 0 Å². The molecular weight excluding hydrogens is 226 g/mol. The zero-order valence-corrected chi connectivity index (χ0v) is 10.9. The van der Waals surface area contributed by atoms with E-state index in [0.29, 0.717) is 6.54 Å². The summed E-state index contributed by atoms with van der Waals surface area (Å²) in [5, 5.41) is 8.95. The highest BCUT2D eigenvalue weighted by Gasteiger charge is 2.51. The molecule has 3 nitrogen and oxygen atoms in total. The standard InChI is InChI=1S/C15H21NO2/c1-14(7-12-5-3-2-4-6-12)9-15(10-14,11-16)8-13(17)18/h2-6H,7-11,16H2,1H3,(H,17,18)/t14-,15-. The van der Waals surface area contributed by atoms with Crippen molar-refractivity contribution in [2.75, 3.05) is 6.54 Å². The fourth-order valence-corrected chi connectivity index (χ4v) is 3.63. The second kappa shape index (κ2) is 4.73. The summed E-state index contributed by atoms with van der Waals surface area (Å²) in [5.74, 6) is -0.734. The van der Waals surface area contributed by atoms with Crippen LogP contribution in [0.1, 0.15) is 31.7 Å². The van der Waals surface area contributed by atoms with Gasteiger partial charge in [-0.25, -0.2) is 0 Å². The van der Waals surface area contributed by atoms with E-state index in [9.17, 15) is 4.79 Å². The minimum atomic E-state index is -0.734. The molecule has 1 aromatic rings. The normalized spacial score (nSPS) is 30.8. The molecule has 1 aliphatic carbocycles. The Morgan fingerprint density at radius 2 is 1.94 bits per heavy atom. The van der Waals surface area contributed by atoms with Crippen molar-refractivity contribution >= 4 is 5.97 Å². The van der Waals surface area contributed by atoms with Gasteiger partial charge >= 0.3 is 5.97 Å². The lowest BCUT2D eigenvalue weighted by Gasteiger charge is -2.54. The topological polar surface area (TPSA) is 63.3 Å².